The van der Waals surface area contributed by atoms with Crippen molar-refractivity contribution < 1.29 is 0 Å². The maximum atomic E-state index is 6.23. The third-order valence-corrected chi connectivity index (χ3v) is 5.57. The van der Waals surface area contributed by atoms with Crippen molar-refractivity contribution in [1.29, 1.82) is 0 Å². The smallest absolute Gasteiger partial charge is 0.0394 e. The molecule has 0 atom stereocenters. The van der Waals surface area contributed by atoms with Gasteiger partial charge in [0.25, 0.3) is 0 Å². The second-order valence-electron chi connectivity index (χ2n) is 6.46. The van der Waals surface area contributed by atoms with E-state index in [1.54, 1.807) is 11.8 Å². The lowest BCUT2D eigenvalue weighted by Gasteiger charge is -2.12. The van der Waals surface area contributed by atoms with Crippen molar-refractivity contribution in [1.82, 2.24) is 0 Å². The SMILES string of the molecule is Nc1ccccc1-c1ccccc1SC=C(c1ccccc1)c1ccccc1. The highest BCUT2D eigenvalue weighted by atomic mass is 32.2. The molecule has 0 unspecified atom stereocenters. The summed E-state index contributed by atoms with van der Waals surface area (Å²) in [5.41, 5.74) is 12.9. The zero-order chi connectivity index (χ0) is 19.2. The Morgan fingerprint density at radius 2 is 1.07 bits per heavy atom. The standard InChI is InChI=1S/C26H21NS/c27-25-17-9-7-15-22(25)23-16-8-10-18-26(23)28-19-24(20-11-3-1-4-12-20)21-13-5-2-6-14-21/h1-19H,27H2. The Labute approximate surface area is 170 Å². The van der Waals surface area contributed by atoms with Crippen molar-refractivity contribution in [2.24, 2.45) is 0 Å². The average molecular weight is 380 g/mol. The quantitative estimate of drug-likeness (QED) is 0.295. The average Bonchev–Trinajstić information content (AvgIpc) is 2.76. The van der Waals surface area contributed by atoms with Gasteiger partial charge in [-0.2, -0.15) is 0 Å². The van der Waals surface area contributed by atoms with Crippen molar-refractivity contribution in [3.63, 3.8) is 0 Å². The first-order valence-electron chi connectivity index (χ1n) is 9.24. The predicted molar refractivity (Wildman–Crippen MR) is 122 cm³/mol. The minimum atomic E-state index is 0.797. The van der Waals surface area contributed by atoms with E-state index >= 15 is 0 Å². The van der Waals surface area contributed by atoms with Gasteiger partial charge in [0.2, 0.25) is 0 Å². The van der Waals surface area contributed by atoms with Gasteiger partial charge in [0.05, 0.1) is 0 Å². The van der Waals surface area contributed by atoms with Crippen molar-refractivity contribution in [3.8, 4) is 11.1 Å². The van der Waals surface area contributed by atoms with Gasteiger partial charge >= 0.3 is 0 Å². The Balaban J connectivity index is 1.76. The molecule has 4 rings (SSSR count). The van der Waals surface area contributed by atoms with E-state index in [9.17, 15) is 0 Å². The van der Waals surface area contributed by atoms with Crippen LogP contribution in [-0.4, -0.2) is 0 Å². The molecule has 0 saturated carbocycles. The van der Waals surface area contributed by atoms with Crippen LogP contribution in [0.3, 0.4) is 0 Å². The molecular formula is C26H21NS. The zero-order valence-corrected chi connectivity index (χ0v) is 16.3. The Morgan fingerprint density at radius 1 is 0.571 bits per heavy atom. The largest absolute Gasteiger partial charge is 0.398 e. The van der Waals surface area contributed by atoms with Gasteiger partial charge in [0.15, 0.2) is 0 Å². The number of hydrogen-bond donors (Lipinski definition) is 1. The molecular weight excluding hydrogens is 358 g/mol. The van der Waals surface area contributed by atoms with Gasteiger partial charge in [0, 0.05) is 16.1 Å². The summed E-state index contributed by atoms with van der Waals surface area (Å²) in [6, 6.07) is 37.5. The number of nitrogen functional groups attached to an aromatic ring is 1. The molecule has 4 aromatic carbocycles. The third kappa shape index (κ3) is 4.03. The van der Waals surface area contributed by atoms with E-state index in [-0.39, 0.29) is 0 Å². The summed E-state index contributed by atoms with van der Waals surface area (Å²) in [7, 11) is 0. The van der Waals surface area contributed by atoms with Gasteiger partial charge in [-0.15, -0.1) is 0 Å². The third-order valence-electron chi connectivity index (χ3n) is 4.61. The first-order chi connectivity index (χ1) is 13.8. The van der Waals surface area contributed by atoms with Gasteiger partial charge in [0.1, 0.15) is 0 Å². The maximum Gasteiger partial charge on any atom is 0.0394 e. The van der Waals surface area contributed by atoms with E-state index in [0.717, 1.165) is 16.8 Å². The van der Waals surface area contributed by atoms with E-state index in [1.807, 2.05) is 30.3 Å². The van der Waals surface area contributed by atoms with E-state index in [1.165, 1.54) is 21.6 Å². The fourth-order valence-corrected chi connectivity index (χ4v) is 4.17. The van der Waals surface area contributed by atoms with Crippen LogP contribution < -0.4 is 5.73 Å². The molecule has 0 aliphatic carbocycles. The van der Waals surface area contributed by atoms with E-state index in [0.29, 0.717) is 0 Å². The highest BCUT2D eigenvalue weighted by Gasteiger charge is 2.09. The molecule has 4 aromatic rings. The molecule has 0 aliphatic heterocycles. The molecule has 0 bridgehead atoms. The van der Waals surface area contributed by atoms with Gasteiger partial charge in [-0.25, -0.2) is 0 Å². The number of para-hydroxylation sites is 1. The molecule has 0 spiro atoms. The predicted octanol–water partition coefficient (Wildman–Crippen LogP) is 7.12. The van der Waals surface area contributed by atoms with Crippen molar-refractivity contribution >= 4 is 23.0 Å². The fourth-order valence-electron chi connectivity index (χ4n) is 3.19. The summed E-state index contributed by atoms with van der Waals surface area (Å²) in [6.45, 7) is 0. The number of rotatable bonds is 5. The Morgan fingerprint density at radius 3 is 1.68 bits per heavy atom. The van der Waals surface area contributed by atoms with Gasteiger partial charge in [-0.1, -0.05) is 109 Å². The molecule has 0 aromatic heterocycles. The van der Waals surface area contributed by atoms with E-state index < -0.39 is 0 Å². The summed E-state index contributed by atoms with van der Waals surface area (Å²) in [4.78, 5) is 1.18. The van der Waals surface area contributed by atoms with Crippen LogP contribution in [0.25, 0.3) is 16.7 Å². The molecule has 0 heterocycles. The molecule has 0 aliphatic rings. The molecule has 2 N–H and O–H groups in total. The molecule has 0 saturated heterocycles. The lowest BCUT2D eigenvalue weighted by Crippen LogP contribution is -1.90. The molecule has 1 nitrogen and oxygen atoms in total. The summed E-state index contributed by atoms with van der Waals surface area (Å²) >= 11 is 1.73. The maximum absolute atomic E-state index is 6.23. The number of thioether (sulfide) groups is 1. The minimum Gasteiger partial charge on any atom is -0.398 e. The van der Waals surface area contributed by atoms with Crippen LogP contribution in [0.2, 0.25) is 0 Å². The molecule has 136 valence electrons. The number of nitrogens with two attached hydrogens (primary N) is 1. The Hall–Kier alpha value is -3.23. The highest BCUT2D eigenvalue weighted by molar-refractivity contribution is 8.02. The van der Waals surface area contributed by atoms with Gasteiger partial charge in [-0.05, 0) is 39.8 Å². The number of hydrogen-bond acceptors (Lipinski definition) is 2. The normalized spacial score (nSPS) is 10.4. The summed E-state index contributed by atoms with van der Waals surface area (Å²) < 4.78 is 0. The van der Waals surface area contributed by atoms with Crippen molar-refractivity contribution in [2.75, 3.05) is 5.73 Å². The van der Waals surface area contributed by atoms with Crippen molar-refractivity contribution in [2.45, 2.75) is 4.90 Å². The van der Waals surface area contributed by atoms with Crippen LogP contribution >= 0.6 is 11.8 Å². The topological polar surface area (TPSA) is 26.0 Å². The summed E-state index contributed by atoms with van der Waals surface area (Å²) in [5, 5.41) is 2.24. The van der Waals surface area contributed by atoms with Gasteiger partial charge in [-0.3, -0.25) is 0 Å². The first kappa shape index (κ1) is 18.1. The zero-order valence-electron chi connectivity index (χ0n) is 15.5. The number of anilines is 1. The summed E-state index contributed by atoms with van der Waals surface area (Å²) in [6.07, 6.45) is 0. The minimum absolute atomic E-state index is 0.797. The van der Waals surface area contributed by atoms with Crippen LogP contribution in [-0.2, 0) is 0 Å². The van der Waals surface area contributed by atoms with Crippen molar-refractivity contribution in [3.05, 3.63) is 126 Å². The van der Waals surface area contributed by atoms with Gasteiger partial charge < -0.3 is 5.73 Å². The van der Waals surface area contributed by atoms with Crippen LogP contribution in [0.1, 0.15) is 11.1 Å². The molecule has 28 heavy (non-hydrogen) atoms. The molecule has 0 radical (unpaired) electrons. The molecule has 0 fully saturated rings. The Kier molecular flexibility index (Phi) is 5.60. The monoisotopic (exact) mass is 379 g/mol. The highest BCUT2D eigenvalue weighted by Crippen LogP contribution is 2.37. The van der Waals surface area contributed by atoms with Crippen LogP contribution in [0.5, 0.6) is 0 Å². The lowest BCUT2D eigenvalue weighted by molar-refractivity contribution is 1.45. The second kappa shape index (κ2) is 8.64. The fraction of sp³-hybridized carbons (Fsp3) is 0. The Bertz CT molecular complexity index is 1040. The molecule has 0 amide bonds. The summed E-state index contributed by atoms with van der Waals surface area (Å²) in [5.74, 6) is 0. The second-order valence-corrected chi connectivity index (χ2v) is 7.38. The first-order valence-corrected chi connectivity index (χ1v) is 10.1. The van der Waals surface area contributed by atoms with Crippen LogP contribution in [0.4, 0.5) is 5.69 Å². The van der Waals surface area contributed by atoms with Crippen LogP contribution in [0, 0.1) is 0 Å². The lowest BCUT2D eigenvalue weighted by atomic mass is 10.00. The van der Waals surface area contributed by atoms with E-state index in [2.05, 4.69) is 84.3 Å². The number of benzene rings is 4. The van der Waals surface area contributed by atoms with Crippen LogP contribution in [0.15, 0.2) is 119 Å². The van der Waals surface area contributed by atoms with E-state index in [4.69, 9.17) is 5.73 Å². The molecule has 2 heteroatoms.